The first-order valence-corrected chi connectivity index (χ1v) is 5.14. The highest BCUT2D eigenvalue weighted by Crippen LogP contribution is 2.06. The van der Waals surface area contributed by atoms with Gasteiger partial charge < -0.3 is 11.5 Å². The van der Waals surface area contributed by atoms with Crippen LogP contribution in [0.5, 0.6) is 0 Å². The van der Waals surface area contributed by atoms with Crippen LogP contribution in [0.1, 0.15) is 24.8 Å². The predicted octanol–water partition coefficient (Wildman–Crippen LogP) is 0.904. The van der Waals surface area contributed by atoms with E-state index in [1.54, 1.807) is 12.3 Å². The Hall–Kier alpha value is -1.42. The second-order valence-electron chi connectivity index (χ2n) is 3.55. The molecule has 4 N–H and O–H groups in total. The molecular formula is C11H17N3O. The van der Waals surface area contributed by atoms with Gasteiger partial charge in [0.2, 0.25) is 0 Å². The monoisotopic (exact) mass is 207 g/mol. The largest absolute Gasteiger partial charge is 0.384 e. The molecule has 0 spiro atoms. The van der Waals surface area contributed by atoms with Crippen LogP contribution in [0, 0.1) is 0 Å². The molecule has 4 nitrogen and oxygen atoms in total. The minimum atomic E-state index is 0.231. The third kappa shape index (κ3) is 4.56. The van der Waals surface area contributed by atoms with Crippen LogP contribution in [0.3, 0.4) is 0 Å². The van der Waals surface area contributed by atoms with E-state index in [1.807, 2.05) is 6.07 Å². The standard InChI is InChI=1S/C11H17N3O/c12-5-2-1-3-10(15)7-9-4-6-14-11(13)8-9/h4,6,8H,1-3,5,7,12H2,(H2,13,14). The zero-order chi connectivity index (χ0) is 11.1. The Balaban J connectivity index is 2.37. The summed E-state index contributed by atoms with van der Waals surface area (Å²) in [6.07, 6.45) is 4.44. The van der Waals surface area contributed by atoms with Crippen molar-refractivity contribution >= 4 is 11.6 Å². The highest BCUT2D eigenvalue weighted by atomic mass is 16.1. The van der Waals surface area contributed by atoms with Gasteiger partial charge in [0.15, 0.2) is 0 Å². The second kappa shape index (κ2) is 6.14. The number of carbonyl (C=O) groups excluding carboxylic acids is 1. The number of aromatic nitrogens is 1. The van der Waals surface area contributed by atoms with Crippen LogP contribution >= 0.6 is 0 Å². The molecule has 0 saturated carbocycles. The van der Waals surface area contributed by atoms with Gasteiger partial charge in [0.25, 0.3) is 0 Å². The van der Waals surface area contributed by atoms with Crippen molar-refractivity contribution in [3.8, 4) is 0 Å². The van der Waals surface area contributed by atoms with Gasteiger partial charge in [-0.2, -0.15) is 0 Å². The van der Waals surface area contributed by atoms with E-state index in [2.05, 4.69) is 4.98 Å². The van der Waals surface area contributed by atoms with Crippen molar-refractivity contribution < 1.29 is 4.79 Å². The summed E-state index contributed by atoms with van der Waals surface area (Å²) in [7, 11) is 0. The number of nitrogen functional groups attached to an aromatic ring is 1. The Labute approximate surface area is 89.7 Å². The van der Waals surface area contributed by atoms with E-state index in [9.17, 15) is 4.79 Å². The molecule has 15 heavy (non-hydrogen) atoms. The molecule has 0 aliphatic heterocycles. The molecule has 0 aliphatic carbocycles. The normalized spacial score (nSPS) is 10.2. The van der Waals surface area contributed by atoms with Gasteiger partial charge in [-0.3, -0.25) is 4.79 Å². The van der Waals surface area contributed by atoms with Gasteiger partial charge in [-0.1, -0.05) is 0 Å². The molecule has 0 aliphatic rings. The van der Waals surface area contributed by atoms with Gasteiger partial charge in [0.1, 0.15) is 11.6 Å². The van der Waals surface area contributed by atoms with Crippen LogP contribution < -0.4 is 11.5 Å². The quantitative estimate of drug-likeness (QED) is 0.679. The van der Waals surface area contributed by atoms with Crippen LogP contribution in [-0.2, 0) is 11.2 Å². The Morgan fingerprint density at radius 2 is 2.20 bits per heavy atom. The third-order valence-electron chi connectivity index (χ3n) is 2.16. The first-order chi connectivity index (χ1) is 7.22. The summed E-state index contributed by atoms with van der Waals surface area (Å²) in [6.45, 7) is 0.648. The number of unbranched alkanes of at least 4 members (excludes halogenated alkanes) is 1. The predicted molar refractivity (Wildman–Crippen MR) is 60.3 cm³/mol. The van der Waals surface area contributed by atoms with Gasteiger partial charge in [-0.05, 0) is 37.1 Å². The van der Waals surface area contributed by atoms with E-state index < -0.39 is 0 Å². The maximum atomic E-state index is 11.5. The number of nitrogens with zero attached hydrogens (tertiary/aromatic N) is 1. The number of nitrogens with two attached hydrogens (primary N) is 2. The molecule has 82 valence electrons. The van der Waals surface area contributed by atoms with Crippen molar-refractivity contribution in [2.45, 2.75) is 25.7 Å². The molecule has 1 rings (SSSR count). The molecule has 0 fully saturated rings. The van der Waals surface area contributed by atoms with Crippen LogP contribution in [0.15, 0.2) is 18.3 Å². The van der Waals surface area contributed by atoms with E-state index in [4.69, 9.17) is 11.5 Å². The van der Waals surface area contributed by atoms with Crippen molar-refractivity contribution in [2.24, 2.45) is 5.73 Å². The number of Topliss-reactive ketones (excluding diaryl/α,β-unsaturated/α-hetero) is 1. The third-order valence-corrected chi connectivity index (χ3v) is 2.16. The second-order valence-corrected chi connectivity index (χ2v) is 3.55. The highest BCUT2D eigenvalue weighted by molar-refractivity contribution is 5.80. The number of rotatable bonds is 6. The number of hydrogen-bond donors (Lipinski definition) is 2. The molecule has 1 heterocycles. The fraction of sp³-hybridized carbons (Fsp3) is 0.455. The number of carbonyl (C=O) groups is 1. The van der Waals surface area contributed by atoms with E-state index in [0.29, 0.717) is 25.2 Å². The fourth-order valence-corrected chi connectivity index (χ4v) is 1.39. The SMILES string of the molecule is NCCCCC(=O)Cc1ccnc(N)c1. The van der Waals surface area contributed by atoms with Gasteiger partial charge in [0, 0.05) is 19.0 Å². The Kier molecular flexibility index (Phi) is 4.77. The number of ketones is 1. The Morgan fingerprint density at radius 1 is 1.40 bits per heavy atom. The van der Waals surface area contributed by atoms with E-state index in [0.717, 1.165) is 18.4 Å². The molecule has 0 unspecified atom stereocenters. The molecular weight excluding hydrogens is 190 g/mol. The molecule has 0 atom stereocenters. The van der Waals surface area contributed by atoms with Gasteiger partial charge in [-0.25, -0.2) is 4.98 Å². The van der Waals surface area contributed by atoms with Crippen molar-refractivity contribution in [3.63, 3.8) is 0 Å². The lowest BCUT2D eigenvalue weighted by atomic mass is 10.1. The molecule has 1 aromatic heterocycles. The first-order valence-electron chi connectivity index (χ1n) is 5.14. The zero-order valence-electron chi connectivity index (χ0n) is 8.78. The summed E-state index contributed by atoms with van der Waals surface area (Å²) < 4.78 is 0. The minimum Gasteiger partial charge on any atom is -0.384 e. The highest BCUT2D eigenvalue weighted by Gasteiger charge is 2.03. The minimum absolute atomic E-state index is 0.231. The summed E-state index contributed by atoms with van der Waals surface area (Å²) in [4.78, 5) is 15.4. The Bertz CT molecular complexity index is 325. The van der Waals surface area contributed by atoms with Crippen LogP contribution in [0.25, 0.3) is 0 Å². The number of anilines is 1. The van der Waals surface area contributed by atoms with Crippen LogP contribution in [0.4, 0.5) is 5.82 Å². The maximum Gasteiger partial charge on any atom is 0.137 e. The summed E-state index contributed by atoms with van der Waals surface area (Å²) in [6, 6.07) is 3.55. The first kappa shape index (κ1) is 11.7. The van der Waals surface area contributed by atoms with Crippen molar-refractivity contribution in [3.05, 3.63) is 23.9 Å². The smallest absolute Gasteiger partial charge is 0.137 e. The zero-order valence-corrected chi connectivity index (χ0v) is 8.78. The molecule has 0 bridgehead atoms. The average molecular weight is 207 g/mol. The molecule has 0 aromatic carbocycles. The average Bonchev–Trinajstić information content (AvgIpc) is 2.18. The van der Waals surface area contributed by atoms with Crippen LogP contribution in [-0.4, -0.2) is 17.3 Å². The lowest BCUT2D eigenvalue weighted by Gasteiger charge is -2.01. The van der Waals surface area contributed by atoms with Crippen molar-refractivity contribution in [2.75, 3.05) is 12.3 Å². The van der Waals surface area contributed by atoms with E-state index in [1.165, 1.54) is 0 Å². The summed E-state index contributed by atoms with van der Waals surface area (Å²) >= 11 is 0. The topological polar surface area (TPSA) is 82.0 Å². The van der Waals surface area contributed by atoms with Gasteiger partial charge >= 0.3 is 0 Å². The summed E-state index contributed by atoms with van der Waals surface area (Å²) in [5.41, 5.74) is 11.8. The Morgan fingerprint density at radius 3 is 2.87 bits per heavy atom. The van der Waals surface area contributed by atoms with Gasteiger partial charge in [0.05, 0.1) is 0 Å². The lowest BCUT2D eigenvalue weighted by Crippen LogP contribution is -2.05. The number of hydrogen-bond acceptors (Lipinski definition) is 4. The van der Waals surface area contributed by atoms with Gasteiger partial charge in [-0.15, -0.1) is 0 Å². The maximum absolute atomic E-state index is 11.5. The van der Waals surface area contributed by atoms with E-state index >= 15 is 0 Å². The molecule has 0 radical (unpaired) electrons. The summed E-state index contributed by atoms with van der Waals surface area (Å²) in [5, 5.41) is 0. The molecule has 1 aromatic rings. The van der Waals surface area contributed by atoms with E-state index in [-0.39, 0.29) is 5.78 Å². The lowest BCUT2D eigenvalue weighted by molar-refractivity contribution is -0.118. The fourth-order valence-electron chi connectivity index (χ4n) is 1.39. The van der Waals surface area contributed by atoms with Crippen LogP contribution in [0.2, 0.25) is 0 Å². The number of pyridine rings is 1. The molecule has 0 saturated heterocycles. The van der Waals surface area contributed by atoms with Crippen molar-refractivity contribution in [1.82, 2.24) is 4.98 Å². The molecule has 0 amide bonds. The molecule has 4 heteroatoms. The van der Waals surface area contributed by atoms with Crippen molar-refractivity contribution in [1.29, 1.82) is 0 Å². The summed E-state index contributed by atoms with van der Waals surface area (Å²) in [5.74, 6) is 0.691.